The van der Waals surface area contributed by atoms with E-state index in [-0.39, 0.29) is 5.91 Å². The number of amides is 1. The molecule has 140 valence electrons. The van der Waals surface area contributed by atoms with Crippen LogP contribution in [0, 0.1) is 11.3 Å². The number of carbonyl (C=O) groups is 1. The summed E-state index contributed by atoms with van der Waals surface area (Å²) in [5, 5.41) is 12.4. The van der Waals surface area contributed by atoms with Crippen LogP contribution in [0.25, 0.3) is 0 Å². The molecule has 0 aromatic heterocycles. The zero-order valence-corrected chi connectivity index (χ0v) is 16.0. The molecule has 0 aliphatic carbocycles. The minimum Gasteiger partial charge on any atom is -0.325 e. The van der Waals surface area contributed by atoms with E-state index in [9.17, 15) is 4.79 Å². The summed E-state index contributed by atoms with van der Waals surface area (Å²) in [6.45, 7) is 4.95. The number of hydrogen-bond donors (Lipinski definition) is 1. The van der Waals surface area contributed by atoms with Crippen LogP contribution in [-0.2, 0) is 11.3 Å². The van der Waals surface area contributed by atoms with Crippen LogP contribution < -0.4 is 5.32 Å². The second-order valence-electron chi connectivity index (χ2n) is 6.77. The Kier molecular flexibility index (Phi) is 6.83. The highest BCUT2D eigenvalue weighted by molar-refractivity contribution is 6.30. The molecule has 1 amide bonds. The lowest BCUT2D eigenvalue weighted by atomic mass is 10.1. The zero-order chi connectivity index (χ0) is 19.1. The maximum Gasteiger partial charge on any atom is 0.238 e. The van der Waals surface area contributed by atoms with Gasteiger partial charge in [0.1, 0.15) is 0 Å². The molecule has 2 aromatic rings. The molecule has 2 aromatic carbocycles. The van der Waals surface area contributed by atoms with E-state index in [0.717, 1.165) is 44.8 Å². The fourth-order valence-corrected chi connectivity index (χ4v) is 3.44. The molecule has 0 atom stereocenters. The molecular formula is C21H23ClN4O. The number of rotatable bonds is 5. The SMILES string of the molecule is N#Cc1ccc(CN2CCCN(CC(=O)Nc3cccc(Cl)c3)CC2)cc1. The van der Waals surface area contributed by atoms with E-state index in [2.05, 4.69) is 21.2 Å². The van der Waals surface area contributed by atoms with Crippen LogP contribution in [0.1, 0.15) is 17.5 Å². The van der Waals surface area contributed by atoms with Crippen LogP contribution in [0.4, 0.5) is 5.69 Å². The molecule has 0 radical (unpaired) electrons. The van der Waals surface area contributed by atoms with Gasteiger partial charge in [0.2, 0.25) is 5.91 Å². The Labute approximate surface area is 165 Å². The number of benzene rings is 2. The van der Waals surface area contributed by atoms with Crippen LogP contribution in [0.5, 0.6) is 0 Å². The smallest absolute Gasteiger partial charge is 0.238 e. The van der Waals surface area contributed by atoms with Gasteiger partial charge in [-0.1, -0.05) is 29.8 Å². The monoisotopic (exact) mass is 382 g/mol. The largest absolute Gasteiger partial charge is 0.325 e. The summed E-state index contributed by atoms with van der Waals surface area (Å²) in [7, 11) is 0. The Morgan fingerprint density at radius 2 is 1.81 bits per heavy atom. The molecular weight excluding hydrogens is 360 g/mol. The van der Waals surface area contributed by atoms with Gasteiger partial charge in [-0.3, -0.25) is 14.6 Å². The van der Waals surface area contributed by atoms with Gasteiger partial charge in [-0.2, -0.15) is 5.26 Å². The van der Waals surface area contributed by atoms with Crippen molar-refractivity contribution in [2.75, 3.05) is 38.0 Å². The van der Waals surface area contributed by atoms with Crippen molar-refractivity contribution < 1.29 is 4.79 Å². The fraction of sp³-hybridized carbons (Fsp3) is 0.333. The number of anilines is 1. The van der Waals surface area contributed by atoms with Crippen molar-refractivity contribution in [3.63, 3.8) is 0 Å². The predicted octanol–water partition coefficient (Wildman–Crippen LogP) is 3.36. The Hall–Kier alpha value is -2.39. The third-order valence-corrected chi connectivity index (χ3v) is 4.88. The minimum atomic E-state index is -0.0159. The van der Waals surface area contributed by atoms with E-state index in [1.54, 1.807) is 12.1 Å². The van der Waals surface area contributed by atoms with Crippen LogP contribution >= 0.6 is 11.6 Å². The van der Waals surface area contributed by atoms with Crippen LogP contribution in [-0.4, -0.2) is 48.4 Å². The lowest BCUT2D eigenvalue weighted by Crippen LogP contribution is -2.36. The minimum absolute atomic E-state index is 0.0159. The molecule has 5 nitrogen and oxygen atoms in total. The summed E-state index contributed by atoms with van der Waals surface area (Å²) < 4.78 is 0. The van der Waals surface area contributed by atoms with Gasteiger partial charge in [0.25, 0.3) is 0 Å². The molecule has 0 saturated carbocycles. The van der Waals surface area contributed by atoms with Gasteiger partial charge in [0.15, 0.2) is 0 Å². The second kappa shape index (κ2) is 9.52. The summed E-state index contributed by atoms with van der Waals surface area (Å²) >= 11 is 5.96. The van der Waals surface area contributed by atoms with Crippen LogP contribution in [0.3, 0.4) is 0 Å². The number of nitrogens with one attached hydrogen (secondary N) is 1. The zero-order valence-electron chi connectivity index (χ0n) is 15.2. The third-order valence-electron chi connectivity index (χ3n) is 4.65. The molecule has 1 N–H and O–H groups in total. The number of carbonyl (C=O) groups excluding carboxylic acids is 1. The number of halogens is 1. The molecule has 1 heterocycles. The Morgan fingerprint density at radius 3 is 2.56 bits per heavy atom. The molecule has 0 unspecified atom stereocenters. The summed E-state index contributed by atoms with van der Waals surface area (Å²) in [4.78, 5) is 16.9. The summed E-state index contributed by atoms with van der Waals surface area (Å²) in [6.07, 6.45) is 1.03. The number of nitriles is 1. The molecule has 3 rings (SSSR count). The number of hydrogen-bond acceptors (Lipinski definition) is 4. The van der Waals surface area contributed by atoms with E-state index in [4.69, 9.17) is 16.9 Å². The van der Waals surface area contributed by atoms with Crippen molar-refractivity contribution >= 4 is 23.2 Å². The van der Waals surface area contributed by atoms with E-state index in [1.807, 2.05) is 36.4 Å². The highest BCUT2D eigenvalue weighted by atomic mass is 35.5. The molecule has 0 bridgehead atoms. The van der Waals surface area contributed by atoms with Crippen molar-refractivity contribution in [3.05, 3.63) is 64.7 Å². The average Bonchev–Trinajstić information content (AvgIpc) is 2.87. The van der Waals surface area contributed by atoms with Gasteiger partial charge in [0.05, 0.1) is 18.2 Å². The first-order valence-electron chi connectivity index (χ1n) is 9.11. The quantitative estimate of drug-likeness (QED) is 0.861. The van der Waals surface area contributed by atoms with Gasteiger partial charge in [-0.15, -0.1) is 0 Å². The van der Waals surface area contributed by atoms with Crippen LogP contribution in [0.2, 0.25) is 5.02 Å². The summed E-state index contributed by atoms with van der Waals surface area (Å²) in [5.74, 6) is -0.0159. The Balaban J connectivity index is 1.47. The topological polar surface area (TPSA) is 59.4 Å². The first-order valence-corrected chi connectivity index (χ1v) is 9.49. The van der Waals surface area contributed by atoms with E-state index in [1.165, 1.54) is 5.56 Å². The molecule has 1 saturated heterocycles. The number of nitrogens with zero attached hydrogens (tertiary/aromatic N) is 3. The molecule has 6 heteroatoms. The van der Waals surface area contributed by atoms with Gasteiger partial charge < -0.3 is 5.32 Å². The first kappa shape index (κ1) is 19.4. The lowest BCUT2D eigenvalue weighted by molar-refractivity contribution is -0.117. The molecule has 1 aliphatic heterocycles. The van der Waals surface area contributed by atoms with E-state index >= 15 is 0 Å². The normalized spacial score (nSPS) is 15.7. The molecule has 27 heavy (non-hydrogen) atoms. The standard InChI is InChI=1S/C21H23ClN4O/c22-19-3-1-4-20(13-19)24-21(27)16-26-10-2-9-25(11-12-26)15-18-7-5-17(14-23)6-8-18/h1,3-8,13H,2,9-12,15-16H2,(H,24,27). The van der Waals surface area contributed by atoms with Crippen molar-refractivity contribution in [3.8, 4) is 6.07 Å². The lowest BCUT2D eigenvalue weighted by Gasteiger charge is -2.21. The van der Waals surface area contributed by atoms with Crippen molar-refractivity contribution in [1.29, 1.82) is 5.26 Å². The van der Waals surface area contributed by atoms with Gasteiger partial charge in [0, 0.05) is 30.3 Å². The Bertz CT molecular complexity index is 816. The first-order chi connectivity index (χ1) is 13.1. The van der Waals surface area contributed by atoms with Gasteiger partial charge in [-0.05, 0) is 55.4 Å². The van der Waals surface area contributed by atoms with E-state index in [0.29, 0.717) is 17.1 Å². The summed E-state index contributed by atoms with van der Waals surface area (Å²) in [5.41, 5.74) is 2.62. The summed E-state index contributed by atoms with van der Waals surface area (Å²) in [6, 6.07) is 17.1. The van der Waals surface area contributed by atoms with Crippen LogP contribution in [0.15, 0.2) is 48.5 Å². The second-order valence-corrected chi connectivity index (χ2v) is 7.21. The van der Waals surface area contributed by atoms with E-state index < -0.39 is 0 Å². The van der Waals surface area contributed by atoms with Crippen molar-refractivity contribution in [1.82, 2.24) is 9.80 Å². The highest BCUT2D eigenvalue weighted by Gasteiger charge is 2.17. The third kappa shape index (κ3) is 6.07. The van der Waals surface area contributed by atoms with Gasteiger partial charge >= 0.3 is 0 Å². The fourth-order valence-electron chi connectivity index (χ4n) is 3.25. The van der Waals surface area contributed by atoms with Gasteiger partial charge in [-0.25, -0.2) is 0 Å². The highest BCUT2D eigenvalue weighted by Crippen LogP contribution is 2.15. The maximum atomic E-state index is 12.3. The van der Waals surface area contributed by atoms with Crippen molar-refractivity contribution in [2.45, 2.75) is 13.0 Å². The average molecular weight is 383 g/mol. The predicted molar refractivity (Wildman–Crippen MR) is 108 cm³/mol. The molecule has 1 aliphatic rings. The maximum absolute atomic E-state index is 12.3. The van der Waals surface area contributed by atoms with Crippen molar-refractivity contribution in [2.24, 2.45) is 0 Å². The molecule has 1 fully saturated rings. The Morgan fingerprint density at radius 1 is 1.07 bits per heavy atom. The molecule has 0 spiro atoms.